The predicted octanol–water partition coefficient (Wildman–Crippen LogP) is 1.42. The molecule has 0 aliphatic heterocycles. The molecular formula is C17H18ClN3O4S. The van der Waals surface area contributed by atoms with Crippen LogP contribution in [0.25, 0.3) is 0 Å². The number of halogens is 1. The van der Waals surface area contributed by atoms with Crippen molar-refractivity contribution < 1.29 is 18.0 Å². The summed E-state index contributed by atoms with van der Waals surface area (Å²) in [6.07, 6.45) is 0. The average molecular weight is 396 g/mol. The molecule has 2 aromatic carbocycles. The van der Waals surface area contributed by atoms with E-state index >= 15 is 0 Å². The first-order chi connectivity index (χ1) is 12.2. The Morgan fingerprint density at radius 2 is 1.65 bits per heavy atom. The molecule has 2 rings (SSSR count). The van der Waals surface area contributed by atoms with E-state index < -0.39 is 16.1 Å². The van der Waals surface area contributed by atoms with E-state index in [1.807, 2.05) is 0 Å². The maximum Gasteiger partial charge on any atom is 0.251 e. The van der Waals surface area contributed by atoms with Crippen LogP contribution in [0.15, 0.2) is 53.4 Å². The molecule has 0 radical (unpaired) electrons. The van der Waals surface area contributed by atoms with Crippen LogP contribution in [0, 0.1) is 0 Å². The van der Waals surface area contributed by atoms with Gasteiger partial charge in [0.2, 0.25) is 15.9 Å². The Morgan fingerprint density at radius 1 is 1.08 bits per heavy atom. The van der Waals surface area contributed by atoms with Crippen molar-refractivity contribution in [1.29, 1.82) is 0 Å². The number of primary sulfonamides is 1. The number of carbonyl (C=O) groups excluding carboxylic acids is 2. The molecule has 2 amide bonds. The van der Waals surface area contributed by atoms with Crippen LogP contribution in [-0.2, 0) is 21.4 Å². The molecule has 0 aliphatic rings. The smallest absolute Gasteiger partial charge is 0.251 e. The predicted molar refractivity (Wildman–Crippen MR) is 98.0 cm³/mol. The van der Waals surface area contributed by atoms with Gasteiger partial charge in [-0.3, -0.25) is 9.59 Å². The quantitative estimate of drug-likeness (QED) is 0.685. The number of rotatable bonds is 6. The molecule has 0 bridgehead atoms. The lowest BCUT2D eigenvalue weighted by Gasteiger charge is -2.14. The highest BCUT2D eigenvalue weighted by Crippen LogP contribution is 2.10. The van der Waals surface area contributed by atoms with Crippen LogP contribution < -0.4 is 15.8 Å². The fourth-order valence-electron chi connectivity index (χ4n) is 2.09. The summed E-state index contributed by atoms with van der Waals surface area (Å²) in [5.74, 6) is -0.760. The molecule has 1 atom stereocenters. The van der Waals surface area contributed by atoms with Gasteiger partial charge in [0, 0.05) is 17.1 Å². The molecule has 0 saturated heterocycles. The van der Waals surface area contributed by atoms with Crippen molar-refractivity contribution in [3.05, 3.63) is 64.7 Å². The average Bonchev–Trinajstić information content (AvgIpc) is 2.59. The first kappa shape index (κ1) is 19.9. The molecule has 26 heavy (non-hydrogen) atoms. The molecule has 1 unspecified atom stereocenters. The molecule has 9 heteroatoms. The van der Waals surface area contributed by atoms with E-state index in [0.717, 1.165) is 0 Å². The van der Waals surface area contributed by atoms with Crippen LogP contribution >= 0.6 is 11.6 Å². The van der Waals surface area contributed by atoms with Crippen molar-refractivity contribution in [1.82, 2.24) is 10.6 Å². The van der Waals surface area contributed by atoms with Gasteiger partial charge in [-0.25, -0.2) is 13.6 Å². The van der Waals surface area contributed by atoms with Gasteiger partial charge < -0.3 is 10.6 Å². The van der Waals surface area contributed by atoms with Gasteiger partial charge in [0.15, 0.2) is 0 Å². The summed E-state index contributed by atoms with van der Waals surface area (Å²) in [6.45, 7) is 1.75. The second-order valence-electron chi connectivity index (χ2n) is 5.61. The third-order valence-electron chi connectivity index (χ3n) is 3.57. The van der Waals surface area contributed by atoms with E-state index in [0.29, 0.717) is 16.1 Å². The van der Waals surface area contributed by atoms with Crippen molar-refractivity contribution >= 4 is 33.4 Å². The summed E-state index contributed by atoms with van der Waals surface area (Å²) in [5.41, 5.74) is 1.09. The number of benzene rings is 2. The fourth-order valence-corrected chi connectivity index (χ4v) is 2.73. The second-order valence-corrected chi connectivity index (χ2v) is 7.61. The molecule has 0 aromatic heterocycles. The third-order valence-corrected chi connectivity index (χ3v) is 4.75. The summed E-state index contributed by atoms with van der Waals surface area (Å²) >= 11 is 5.77. The van der Waals surface area contributed by atoms with Crippen LogP contribution in [-0.4, -0.2) is 26.3 Å². The standard InChI is InChI=1S/C17H18ClN3O4S/c1-11(21-17(23)13-4-6-14(18)7-5-13)16(22)20-10-12-2-8-15(9-3-12)26(19,24)25/h2-9,11H,10H2,1H3,(H,20,22)(H,21,23)(H2,19,24,25). The van der Waals surface area contributed by atoms with Crippen molar-refractivity contribution in [3.8, 4) is 0 Å². The highest BCUT2D eigenvalue weighted by molar-refractivity contribution is 7.89. The zero-order valence-electron chi connectivity index (χ0n) is 13.9. The summed E-state index contributed by atoms with van der Waals surface area (Å²) in [4.78, 5) is 24.2. The third kappa shape index (κ3) is 5.55. The van der Waals surface area contributed by atoms with Gasteiger partial charge in [-0.2, -0.15) is 0 Å². The summed E-state index contributed by atoms with van der Waals surface area (Å²) in [5, 5.41) is 10.8. The van der Waals surface area contributed by atoms with Crippen LogP contribution in [0.2, 0.25) is 5.02 Å². The number of hydrogen-bond donors (Lipinski definition) is 3. The lowest BCUT2D eigenvalue weighted by atomic mass is 10.2. The number of sulfonamides is 1. The van der Waals surface area contributed by atoms with Crippen molar-refractivity contribution in [2.45, 2.75) is 24.4 Å². The van der Waals surface area contributed by atoms with Gasteiger partial charge in [-0.05, 0) is 48.9 Å². The van der Waals surface area contributed by atoms with Gasteiger partial charge in [-0.15, -0.1) is 0 Å². The van der Waals surface area contributed by atoms with Gasteiger partial charge in [0.1, 0.15) is 6.04 Å². The van der Waals surface area contributed by atoms with Crippen LogP contribution in [0.5, 0.6) is 0 Å². The first-order valence-corrected chi connectivity index (χ1v) is 9.55. The maximum absolute atomic E-state index is 12.1. The minimum Gasteiger partial charge on any atom is -0.350 e. The molecule has 0 saturated carbocycles. The Labute approximate surface area is 156 Å². The normalized spacial score (nSPS) is 12.3. The minimum atomic E-state index is -3.75. The lowest BCUT2D eigenvalue weighted by Crippen LogP contribution is -2.44. The van der Waals surface area contributed by atoms with Crippen molar-refractivity contribution in [2.75, 3.05) is 0 Å². The Morgan fingerprint density at radius 3 is 2.19 bits per heavy atom. The van der Waals surface area contributed by atoms with Crippen molar-refractivity contribution in [2.24, 2.45) is 5.14 Å². The Kier molecular flexibility index (Phi) is 6.36. The number of hydrogen-bond acceptors (Lipinski definition) is 4. The monoisotopic (exact) mass is 395 g/mol. The molecule has 2 aromatic rings. The van der Waals surface area contributed by atoms with Crippen LogP contribution in [0.1, 0.15) is 22.8 Å². The van der Waals surface area contributed by atoms with E-state index in [1.165, 1.54) is 12.1 Å². The minimum absolute atomic E-state index is 0.00354. The highest BCUT2D eigenvalue weighted by atomic mass is 35.5. The Hall–Kier alpha value is -2.42. The molecule has 0 heterocycles. The Balaban J connectivity index is 1.88. The molecule has 138 valence electrons. The zero-order chi connectivity index (χ0) is 19.3. The number of nitrogens with two attached hydrogens (primary N) is 1. The van der Waals surface area contributed by atoms with E-state index in [2.05, 4.69) is 10.6 Å². The fraction of sp³-hybridized carbons (Fsp3) is 0.176. The molecule has 0 fully saturated rings. The van der Waals surface area contributed by atoms with E-state index in [-0.39, 0.29) is 23.3 Å². The number of nitrogens with one attached hydrogen (secondary N) is 2. The van der Waals surface area contributed by atoms with Crippen molar-refractivity contribution in [3.63, 3.8) is 0 Å². The van der Waals surface area contributed by atoms with Gasteiger partial charge in [0.25, 0.3) is 5.91 Å². The van der Waals surface area contributed by atoms with E-state index in [9.17, 15) is 18.0 Å². The second kappa shape index (κ2) is 8.31. The molecular weight excluding hydrogens is 378 g/mol. The lowest BCUT2D eigenvalue weighted by molar-refractivity contribution is -0.122. The van der Waals surface area contributed by atoms with Crippen LogP contribution in [0.4, 0.5) is 0 Å². The number of carbonyl (C=O) groups is 2. The summed E-state index contributed by atoms with van der Waals surface area (Å²) in [7, 11) is -3.75. The molecule has 7 nitrogen and oxygen atoms in total. The van der Waals surface area contributed by atoms with Gasteiger partial charge >= 0.3 is 0 Å². The largest absolute Gasteiger partial charge is 0.350 e. The first-order valence-electron chi connectivity index (χ1n) is 7.62. The number of amides is 2. The summed E-state index contributed by atoms with van der Waals surface area (Å²) in [6, 6.07) is 11.4. The van der Waals surface area contributed by atoms with E-state index in [1.54, 1.807) is 43.3 Å². The molecule has 0 aliphatic carbocycles. The summed E-state index contributed by atoms with van der Waals surface area (Å²) < 4.78 is 22.4. The molecule has 0 spiro atoms. The zero-order valence-corrected chi connectivity index (χ0v) is 15.5. The Bertz CT molecular complexity index is 897. The maximum atomic E-state index is 12.1. The SMILES string of the molecule is CC(NC(=O)c1ccc(Cl)cc1)C(=O)NCc1ccc(S(N)(=O)=O)cc1. The van der Waals surface area contributed by atoms with E-state index in [4.69, 9.17) is 16.7 Å². The topological polar surface area (TPSA) is 118 Å². The highest BCUT2D eigenvalue weighted by Gasteiger charge is 2.16. The van der Waals surface area contributed by atoms with Gasteiger partial charge in [-0.1, -0.05) is 23.7 Å². The van der Waals surface area contributed by atoms with Crippen LogP contribution in [0.3, 0.4) is 0 Å². The van der Waals surface area contributed by atoms with Gasteiger partial charge in [0.05, 0.1) is 4.90 Å². The molecule has 4 N–H and O–H groups in total.